The quantitative estimate of drug-likeness (QED) is 0.811. The van der Waals surface area contributed by atoms with Crippen LogP contribution in [0.3, 0.4) is 0 Å². The van der Waals surface area contributed by atoms with Crippen molar-refractivity contribution in [2.45, 2.75) is 26.8 Å². The van der Waals surface area contributed by atoms with Crippen LogP contribution in [0.15, 0.2) is 34.8 Å². The van der Waals surface area contributed by atoms with Gasteiger partial charge in [-0.1, -0.05) is 41.1 Å². The van der Waals surface area contributed by atoms with Gasteiger partial charge in [0.15, 0.2) is 0 Å². The van der Waals surface area contributed by atoms with Gasteiger partial charge in [-0.25, -0.2) is 8.78 Å². The molecule has 0 saturated carbocycles. The van der Waals surface area contributed by atoms with Gasteiger partial charge in [0, 0.05) is 10.0 Å². The van der Waals surface area contributed by atoms with E-state index < -0.39 is 17.7 Å². The third-order valence-corrected chi connectivity index (χ3v) is 4.06. The number of benzene rings is 2. The van der Waals surface area contributed by atoms with Crippen LogP contribution in [0.1, 0.15) is 35.2 Å². The van der Waals surface area contributed by atoms with Crippen molar-refractivity contribution in [3.05, 3.63) is 68.7 Å². The Morgan fingerprint density at radius 2 is 1.67 bits per heavy atom. The molecule has 0 aliphatic carbocycles. The maximum Gasteiger partial charge on any atom is 0.132 e. The van der Waals surface area contributed by atoms with E-state index in [2.05, 4.69) is 21.2 Å². The van der Waals surface area contributed by atoms with Crippen LogP contribution in [0, 0.1) is 25.5 Å². The average Bonchev–Trinajstić information content (AvgIpc) is 2.40. The SMILES string of the molecule is CCNC(c1ccc(C)c(C)c1)c1c(F)cc(Br)cc1F. The summed E-state index contributed by atoms with van der Waals surface area (Å²) in [6.07, 6.45) is 0. The number of hydrogen-bond donors (Lipinski definition) is 1. The van der Waals surface area contributed by atoms with Crippen LogP contribution < -0.4 is 5.32 Å². The highest BCUT2D eigenvalue weighted by atomic mass is 79.9. The summed E-state index contributed by atoms with van der Waals surface area (Å²) in [6.45, 7) is 6.55. The van der Waals surface area contributed by atoms with Gasteiger partial charge in [-0.15, -0.1) is 0 Å². The monoisotopic (exact) mass is 353 g/mol. The molecule has 0 saturated heterocycles. The zero-order valence-corrected chi connectivity index (χ0v) is 13.9. The maximum absolute atomic E-state index is 14.2. The second-order valence-electron chi connectivity index (χ2n) is 5.12. The summed E-state index contributed by atoms with van der Waals surface area (Å²) >= 11 is 3.11. The summed E-state index contributed by atoms with van der Waals surface area (Å²) in [5, 5.41) is 3.17. The van der Waals surface area contributed by atoms with Crippen molar-refractivity contribution < 1.29 is 8.78 Å². The van der Waals surface area contributed by atoms with Gasteiger partial charge in [-0.3, -0.25) is 0 Å². The predicted molar refractivity (Wildman–Crippen MR) is 85.5 cm³/mol. The van der Waals surface area contributed by atoms with Gasteiger partial charge in [0.25, 0.3) is 0 Å². The van der Waals surface area contributed by atoms with Gasteiger partial charge in [-0.2, -0.15) is 0 Å². The first-order valence-corrected chi connectivity index (χ1v) is 7.68. The second kappa shape index (κ2) is 6.67. The molecule has 0 spiro atoms. The number of aryl methyl sites for hydroxylation is 2. The van der Waals surface area contributed by atoms with E-state index in [1.807, 2.05) is 39.0 Å². The number of halogens is 3. The van der Waals surface area contributed by atoms with E-state index in [0.717, 1.165) is 16.7 Å². The average molecular weight is 354 g/mol. The highest BCUT2D eigenvalue weighted by Gasteiger charge is 2.22. The largest absolute Gasteiger partial charge is 0.306 e. The highest BCUT2D eigenvalue weighted by molar-refractivity contribution is 9.10. The molecule has 0 heterocycles. The molecule has 0 bridgehead atoms. The Balaban J connectivity index is 2.55. The Kier molecular flexibility index (Phi) is 5.12. The third kappa shape index (κ3) is 3.50. The molecule has 2 aromatic carbocycles. The molecule has 0 fully saturated rings. The van der Waals surface area contributed by atoms with Crippen LogP contribution in [0.25, 0.3) is 0 Å². The fourth-order valence-electron chi connectivity index (χ4n) is 2.36. The van der Waals surface area contributed by atoms with Crippen LogP contribution in [0.2, 0.25) is 0 Å². The van der Waals surface area contributed by atoms with Crippen molar-refractivity contribution >= 4 is 15.9 Å². The van der Waals surface area contributed by atoms with Gasteiger partial charge in [0.05, 0.1) is 6.04 Å². The van der Waals surface area contributed by atoms with Gasteiger partial charge >= 0.3 is 0 Å². The fourth-order valence-corrected chi connectivity index (χ4v) is 2.77. The molecule has 21 heavy (non-hydrogen) atoms. The van der Waals surface area contributed by atoms with E-state index >= 15 is 0 Å². The molecule has 112 valence electrons. The molecule has 2 rings (SSSR count). The van der Waals surface area contributed by atoms with Crippen molar-refractivity contribution in [2.24, 2.45) is 0 Å². The fraction of sp³-hybridized carbons (Fsp3) is 0.294. The van der Waals surface area contributed by atoms with Crippen molar-refractivity contribution in [1.82, 2.24) is 5.32 Å². The Morgan fingerprint density at radius 1 is 1.05 bits per heavy atom. The Morgan fingerprint density at radius 3 is 2.19 bits per heavy atom. The molecule has 1 N–H and O–H groups in total. The molecule has 0 amide bonds. The van der Waals surface area contributed by atoms with Crippen molar-refractivity contribution in [3.8, 4) is 0 Å². The molecule has 1 atom stereocenters. The molecule has 0 aliphatic rings. The minimum absolute atomic E-state index is 0.0586. The Labute approximate surface area is 132 Å². The summed E-state index contributed by atoms with van der Waals surface area (Å²) < 4.78 is 28.9. The lowest BCUT2D eigenvalue weighted by Crippen LogP contribution is -2.24. The normalized spacial score (nSPS) is 12.5. The first-order valence-electron chi connectivity index (χ1n) is 6.89. The van der Waals surface area contributed by atoms with Crippen LogP contribution in [-0.4, -0.2) is 6.54 Å². The summed E-state index contributed by atoms with van der Waals surface area (Å²) in [5.41, 5.74) is 3.18. The Hall–Kier alpha value is -1.26. The highest BCUT2D eigenvalue weighted by Crippen LogP contribution is 2.30. The minimum atomic E-state index is -0.550. The van der Waals surface area contributed by atoms with Gasteiger partial charge in [0.1, 0.15) is 11.6 Å². The van der Waals surface area contributed by atoms with Crippen LogP contribution in [0.5, 0.6) is 0 Å². The topological polar surface area (TPSA) is 12.0 Å². The molecule has 2 aromatic rings. The van der Waals surface area contributed by atoms with E-state index in [-0.39, 0.29) is 5.56 Å². The van der Waals surface area contributed by atoms with Crippen LogP contribution in [0.4, 0.5) is 8.78 Å². The van der Waals surface area contributed by atoms with Crippen LogP contribution >= 0.6 is 15.9 Å². The van der Waals surface area contributed by atoms with Crippen molar-refractivity contribution in [2.75, 3.05) is 6.54 Å². The van der Waals surface area contributed by atoms with Gasteiger partial charge in [0.2, 0.25) is 0 Å². The van der Waals surface area contributed by atoms with Crippen molar-refractivity contribution in [1.29, 1.82) is 0 Å². The molecular formula is C17H18BrF2N. The minimum Gasteiger partial charge on any atom is -0.306 e. The summed E-state index contributed by atoms with van der Waals surface area (Å²) in [6, 6.07) is 7.96. The number of nitrogens with one attached hydrogen (secondary N) is 1. The first-order chi connectivity index (χ1) is 9.93. The lowest BCUT2D eigenvalue weighted by molar-refractivity contribution is 0.509. The van der Waals surface area contributed by atoms with E-state index in [0.29, 0.717) is 11.0 Å². The van der Waals surface area contributed by atoms with E-state index in [9.17, 15) is 8.78 Å². The molecule has 4 heteroatoms. The third-order valence-electron chi connectivity index (χ3n) is 3.61. The van der Waals surface area contributed by atoms with E-state index in [1.54, 1.807) is 0 Å². The van der Waals surface area contributed by atoms with E-state index in [1.165, 1.54) is 12.1 Å². The molecular weight excluding hydrogens is 336 g/mol. The number of rotatable bonds is 4. The first kappa shape index (κ1) is 16.1. The zero-order valence-electron chi connectivity index (χ0n) is 12.3. The summed E-state index contributed by atoms with van der Waals surface area (Å²) in [7, 11) is 0. The lowest BCUT2D eigenvalue weighted by atomic mass is 9.95. The Bertz CT molecular complexity index is 632. The van der Waals surface area contributed by atoms with Gasteiger partial charge < -0.3 is 5.32 Å². The molecule has 1 unspecified atom stereocenters. The molecule has 0 aromatic heterocycles. The van der Waals surface area contributed by atoms with Crippen molar-refractivity contribution in [3.63, 3.8) is 0 Å². The zero-order chi connectivity index (χ0) is 15.6. The van der Waals surface area contributed by atoms with Crippen LogP contribution in [-0.2, 0) is 0 Å². The smallest absolute Gasteiger partial charge is 0.132 e. The molecule has 0 aliphatic heterocycles. The maximum atomic E-state index is 14.2. The molecule has 1 nitrogen and oxygen atoms in total. The van der Waals surface area contributed by atoms with E-state index in [4.69, 9.17) is 0 Å². The molecule has 0 radical (unpaired) electrons. The predicted octanol–water partition coefficient (Wildman–Crippen LogP) is 5.04. The number of hydrogen-bond acceptors (Lipinski definition) is 1. The van der Waals surface area contributed by atoms with Gasteiger partial charge in [-0.05, 0) is 49.2 Å². The summed E-state index contributed by atoms with van der Waals surface area (Å²) in [4.78, 5) is 0. The standard InChI is InChI=1S/C17H18BrF2N/c1-4-21-17(12-6-5-10(2)11(3)7-12)16-14(19)8-13(18)9-15(16)20/h5-9,17,21H,4H2,1-3H3. The summed E-state index contributed by atoms with van der Waals surface area (Å²) in [5.74, 6) is -1.10. The second-order valence-corrected chi connectivity index (χ2v) is 6.03. The lowest BCUT2D eigenvalue weighted by Gasteiger charge is -2.21.